The van der Waals surface area contributed by atoms with Crippen LogP contribution < -0.4 is 10.1 Å². The molecule has 0 spiro atoms. The normalized spacial score (nSPS) is 17.6. The molecule has 0 saturated heterocycles. The van der Waals surface area contributed by atoms with E-state index in [9.17, 15) is 0 Å². The van der Waals surface area contributed by atoms with Crippen LogP contribution in [0.3, 0.4) is 0 Å². The van der Waals surface area contributed by atoms with Crippen molar-refractivity contribution in [2.24, 2.45) is 0 Å². The zero-order chi connectivity index (χ0) is 12.3. The van der Waals surface area contributed by atoms with Crippen molar-refractivity contribution in [1.82, 2.24) is 5.32 Å². The van der Waals surface area contributed by atoms with E-state index in [2.05, 4.69) is 5.32 Å². The van der Waals surface area contributed by atoms with Gasteiger partial charge in [-0.3, -0.25) is 0 Å². The van der Waals surface area contributed by atoms with Gasteiger partial charge in [0, 0.05) is 5.02 Å². The fourth-order valence-corrected chi connectivity index (χ4v) is 2.38. The number of halogens is 1. The first-order chi connectivity index (χ1) is 8.15. The Labute approximate surface area is 108 Å². The summed E-state index contributed by atoms with van der Waals surface area (Å²) in [4.78, 5) is 0. The second kappa shape index (κ2) is 5.28. The predicted octanol–water partition coefficient (Wildman–Crippen LogP) is 3.56. The number of ether oxygens (including phenoxy) is 1. The molecule has 1 N–H and O–H groups in total. The minimum absolute atomic E-state index is 0.0588. The maximum absolute atomic E-state index is 6.18. The molecule has 0 bridgehead atoms. The Balaban J connectivity index is 2.05. The molecule has 2 rings (SSSR count). The molecular formula is C14H20ClNO. The number of benzene rings is 1. The van der Waals surface area contributed by atoms with E-state index < -0.39 is 0 Å². The third-order valence-corrected chi connectivity index (χ3v) is 3.98. The molecule has 0 aromatic heterocycles. The zero-order valence-electron chi connectivity index (χ0n) is 10.6. The molecule has 94 valence electrons. The van der Waals surface area contributed by atoms with Crippen molar-refractivity contribution in [3.8, 4) is 5.75 Å². The van der Waals surface area contributed by atoms with Gasteiger partial charge < -0.3 is 10.1 Å². The minimum atomic E-state index is 0.0588. The summed E-state index contributed by atoms with van der Waals surface area (Å²) in [6.45, 7) is 3.02. The summed E-state index contributed by atoms with van der Waals surface area (Å²) >= 11 is 6.02. The van der Waals surface area contributed by atoms with Crippen LogP contribution in [0.5, 0.6) is 5.75 Å². The first-order valence-corrected chi connectivity index (χ1v) is 6.63. The highest BCUT2D eigenvalue weighted by atomic mass is 35.5. The van der Waals surface area contributed by atoms with Crippen LogP contribution in [0.15, 0.2) is 18.2 Å². The molecule has 0 unspecified atom stereocenters. The van der Waals surface area contributed by atoms with Crippen molar-refractivity contribution >= 4 is 11.6 Å². The number of hydrogen-bond donors (Lipinski definition) is 1. The molecular weight excluding hydrogens is 234 g/mol. The largest absolute Gasteiger partial charge is 0.487 e. The summed E-state index contributed by atoms with van der Waals surface area (Å²) in [6, 6.07) is 5.91. The Morgan fingerprint density at radius 1 is 1.41 bits per heavy atom. The van der Waals surface area contributed by atoms with Gasteiger partial charge in [-0.15, -0.1) is 0 Å². The van der Waals surface area contributed by atoms with Gasteiger partial charge in [0.05, 0.1) is 0 Å². The highest BCUT2D eigenvalue weighted by Crippen LogP contribution is 2.39. The monoisotopic (exact) mass is 253 g/mol. The Bertz CT molecular complexity index is 388. The summed E-state index contributed by atoms with van der Waals surface area (Å²) in [5, 5.41) is 4.00. The van der Waals surface area contributed by atoms with E-state index in [-0.39, 0.29) is 5.60 Å². The van der Waals surface area contributed by atoms with Crippen LogP contribution in [0.2, 0.25) is 5.02 Å². The lowest BCUT2D eigenvalue weighted by Gasteiger charge is -2.42. The maximum Gasteiger partial charge on any atom is 0.120 e. The Morgan fingerprint density at radius 2 is 2.18 bits per heavy atom. The second-order valence-corrected chi connectivity index (χ2v) is 5.31. The van der Waals surface area contributed by atoms with Crippen molar-refractivity contribution in [3.63, 3.8) is 0 Å². The van der Waals surface area contributed by atoms with Crippen molar-refractivity contribution in [2.75, 3.05) is 13.6 Å². The zero-order valence-corrected chi connectivity index (χ0v) is 11.3. The SMILES string of the molecule is CNCCC1(Oc2ccc(Cl)c(C)c2)CCC1. The van der Waals surface area contributed by atoms with Crippen molar-refractivity contribution in [2.45, 2.75) is 38.2 Å². The van der Waals surface area contributed by atoms with Crippen molar-refractivity contribution < 1.29 is 4.74 Å². The van der Waals surface area contributed by atoms with Crippen LogP contribution in [0.4, 0.5) is 0 Å². The molecule has 1 fully saturated rings. The highest BCUT2D eigenvalue weighted by molar-refractivity contribution is 6.31. The summed E-state index contributed by atoms with van der Waals surface area (Å²) in [6.07, 6.45) is 4.67. The van der Waals surface area contributed by atoms with Gasteiger partial charge in [0.25, 0.3) is 0 Å². The lowest BCUT2D eigenvalue weighted by atomic mass is 9.77. The van der Waals surface area contributed by atoms with Gasteiger partial charge in [0.1, 0.15) is 11.4 Å². The first-order valence-electron chi connectivity index (χ1n) is 6.25. The molecule has 17 heavy (non-hydrogen) atoms. The van der Waals surface area contributed by atoms with E-state index in [1.165, 1.54) is 6.42 Å². The summed E-state index contributed by atoms with van der Waals surface area (Å²) in [5.74, 6) is 0.947. The van der Waals surface area contributed by atoms with Gasteiger partial charge in [0.15, 0.2) is 0 Å². The number of nitrogens with one attached hydrogen (secondary N) is 1. The van der Waals surface area contributed by atoms with Crippen LogP contribution in [0, 0.1) is 6.92 Å². The van der Waals surface area contributed by atoms with Gasteiger partial charge in [-0.1, -0.05) is 11.6 Å². The number of hydrogen-bond acceptors (Lipinski definition) is 2. The van der Waals surface area contributed by atoms with Gasteiger partial charge in [-0.05, 0) is 70.0 Å². The molecule has 2 nitrogen and oxygen atoms in total. The predicted molar refractivity (Wildman–Crippen MR) is 71.9 cm³/mol. The average Bonchev–Trinajstić information content (AvgIpc) is 2.27. The fraction of sp³-hybridized carbons (Fsp3) is 0.571. The quantitative estimate of drug-likeness (QED) is 0.866. The van der Waals surface area contributed by atoms with Crippen LogP contribution in [-0.4, -0.2) is 19.2 Å². The van der Waals surface area contributed by atoms with E-state index in [4.69, 9.17) is 16.3 Å². The lowest BCUT2D eigenvalue weighted by Crippen LogP contribution is -2.45. The molecule has 3 heteroatoms. The number of rotatable bonds is 5. The lowest BCUT2D eigenvalue weighted by molar-refractivity contribution is -0.0139. The van der Waals surface area contributed by atoms with E-state index in [1.54, 1.807) is 0 Å². The first kappa shape index (κ1) is 12.7. The molecule has 1 aromatic carbocycles. The standard InChI is InChI=1S/C14H20ClNO/c1-11-10-12(4-5-13(11)15)17-14(6-3-7-14)8-9-16-2/h4-5,10,16H,3,6-9H2,1-2H3. The van der Waals surface area contributed by atoms with Crippen molar-refractivity contribution in [1.29, 1.82) is 0 Å². The van der Waals surface area contributed by atoms with Gasteiger partial charge >= 0.3 is 0 Å². The summed E-state index contributed by atoms with van der Waals surface area (Å²) < 4.78 is 6.18. The molecule has 0 amide bonds. The van der Waals surface area contributed by atoms with Crippen LogP contribution >= 0.6 is 11.6 Å². The smallest absolute Gasteiger partial charge is 0.120 e. The Morgan fingerprint density at radius 3 is 2.71 bits per heavy atom. The minimum Gasteiger partial charge on any atom is -0.487 e. The van der Waals surface area contributed by atoms with Crippen LogP contribution in [0.1, 0.15) is 31.2 Å². The van der Waals surface area contributed by atoms with Crippen LogP contribution in [0.25, 0.3) is 0 Å². The van der Waals surface area contributed by atoms with Crippen LogP contribution in [-0.2, 0) is 0 Å². The average molecular weight is 254 g/mol. The molecule has 1 aromatic rings. The third kappa shape index (κ3) is 2.93. The van der Waals surface area contributed by atoms with Gasteiger partial charge in [-0.25, -0.2) is 0 Å². The van der Waals surface area contributed by atoms with Crippen molar-refractivity contribution in [3.05, 3.63) is 28.8 Å². The molecule has 1 aliphatic carbocycles. The van der Waals surface area contributed by atoms with E-state index in [0.29, 0.717) is 0 Å². The second-order valence-electron chi connectivity index (χ2n) is 4.90. The molecule has 1 aliphatic rings. The molecule has 0 radical (unpaired) electrons. The highest BCUT2D eigenvalue weighted by Gasteiger charge is 2.38. The van der Waals surface area contributed by atoms with Gasteiger partial charge in [0.2, 0.25) is 0 Å². The Hall–Kier alpha value is -0.730. The maximum atomic E-state index is 6.18. The number of aryl methyl sites for hydroxylation is 1. The fourth-order valence-electron chi connectivity index (χ4n) is 2.26. The van der Waals surface area contributed by atoms with E-state index in [0.717, 1.165) is 42.1 Å². The van der Waals surface area contributed by atoms with Gasteiger partial charge in [-0.2, -0.15) is 0 Å². The molecule has 0 heterocycles. The van der Waals surface area contributed by atoms with E-state index in [1.807, 2.05) is 32.2 Å². The third-order valence-electron chi connectivity index (χ3n) is 3.56. The van der Waals surface area contributed by atoms with E-state index >= 15 is 0 Å². The Kier molecular flexibility index (Phi) is 3.95. The molecule has 0 aliphatic heterocycles. The topological polar surface area (TPSA) is 21.3 Å². The molecule has 1 saturated carbocycles. The summed E-state index contributed by atoms with van der Waals surface area (Å²) in [7, 11) is 1.98. The summed E-state index contributed by atoms with van der Waals surface area (Å²) in [5.41, 5.74) is 1.13. The molecule has 0 atom stereocenters.